The number of hydrogen-bond donors (Lipinski definition) is 1. The first-order valence-electron chi connectivity index (χ1n) is 8.70. The summed E-state index contributed by atoms with van der Waals surface area (Å²) in [7, 11) is 0. The Hall–Kier alpha value is -2.88. The van der Waals surface area contributed by atoms with E-state index < -0.39 is 0 Å². The van der Waals surface area contributed by atoms with Gasteiger partial charge in [0.2, 0.25) is 5.91 Å². The van der Waals surface area contributed by atoms with Crippen LogP contribution < -0.4 is 5.32 Å². The fraction of sp³-hybridized carbons (Fsp3) is 0.227. The van der Waals surface area contributed by atoms with Gasteiger partial charge in [0.25, 0.3) is 0 Å². The fourth-order valence-corrected chi connectivity index (χ4v) is 3.14. The first-order chi connectivity index (χ1) is 12.4. The first kappa shape index (κ1) is 17.9. The standard InChI is InChI=1S/C22H23FN2O/c1-15-4-10-21(11-5-15)25-16(2)12-19(17(25)3)14-24-22(26)13-18-6-8-20(23)9-7-18/h4-12H,13-14H2,1-3H3,(H,24,26). The van der Waals surface area contributed by atoms with Crippen molar-refractivity contribution in [3.63, 3.8) is 0 Å². The van der Waals surface area contributed by atoms with E-state index in [1.807, 2.05) is 0 Å². The predicted molar refractivity (Wildman–Crippen MR) is 102 cm³/mol. The van der Waals surface area contributed by atoms with Gasteiger partial charge in [0.1, 0.15) is 5.82 Å². The van der Waals surface area contributed by atoms with Crippen molar-refractivity contribution in [1.29, 1.82) is 0 Å². The summed E-state index contributed by atoms with van der Waals surface area (Å²) in [6.45, 7) is 6.68. The van der Waals surface area contributed by atoms with Gasteiger partial charge in [-0.3, -0.25) is 4.79 Å². The number of aryl methyl sites for hydroxylation is 2. The topological polar surface area (TPSA) is 34.0 Å². The van der Waals surface area contributed by atoms with Gasteiger partial charge in [-0.2, -0.15) is 0 Å². The van der Waals surface area contributed by atoms with E-state index in [0.717, 1.165) is 28.2 Å². The highest BCUT2D eigenvalue weighted by atomic mass is 19.1. The third-order valence-corrected chi connectivity index (χ3v) is 4.58. The molecule has 0 atom stereocenters. The molecule has 3 aromatic rings. The van der Waals surface area contributed by atoms with E-state index >= 15 is 0 Å². The summed E-state index contributed by atoms with van der Waals surface area (Å²) in [6, 6.07) is 16.5. The molecule has 1 amide bonds. The van der Waals surface area contributed by atoms with Crippen molar-refractivity contribution in [3.05, 3.63) is 88.5 Å². The highest BCUT2D eigenvalue weighted by molar-refractivity contribution is 5.78. The van der Waals surface area contributed by atoms with Crippen LogP contribution in [0.25, 0.3) is 5.69 Å². The van der Waals surface area contributed by atoms with Gasteiger partial charge in [-0.25, -0.2) is 4.39 Å². The molecule has 0 spiro atoms. The number of amides is 1. The third kappa shape index (κ3) is 4.02. The molecule has 0 bridgehead atoms. The molecule has 26 heavy (non-hydrogen) atoms. The van der Waals surface area contributed by atoms with E-state index in [2.05, 4.69) is 61.0 Å². The van der Waals surface area contributed by atoms with Gasteiger partial charge in [-0.15, -0.1) is 0 Å². The van der Waals surface area contributed by atoms with Crippen LogP contribution in [0.3, 0.4) is 0 Å². The molecule has 1 N–H and O–H groups in total. The summed E-state index contributed by atoms with van der Waals surface area (Å²) in [4.78, 5) is 12.2. The lowest BCUT2D eigenvalue weighted by molar-refractivity contribution is -0.120. The molecule has 4 heteroatoms. The minimum Gasteiger partial charge on any atom is -0.352 e. The maximum atomic E-state index is 12.9. The Morgan fingerprint density at radius 3 is 2.31 bits per heavy atom. The van der Waals surface area contributed by atoms with Crippen molar-refractivity contribution in [2.75, 3.05) is 0 Å². The van der Waals surface area contributed by atoms with Gasteiger partial charge in [-0.1, -0.05) is 29.8 Å². The van der Waals surface area contributed by atoms with Crippen LogP contribution in [0.5, 0.6) is 0 Å². The van der Waals surface area contributed by atoms with E-state index in [1.165, 1.54) is 17.7 Å². The van der Waals surface area contributed by atoms with E-state index in [9.17, 15) is 9.18 Å². The van der Waals surface area contributed by atoms with Crippen molar-refractivity contribution >= 4 is 5.91 Å². The Kier molecular flexibility index (Phi) is 5.21. The molecule has 0 radical (unpaired) electrons. The molecule has 0 unspecified atom stereocenters. The third-order valence-electron chi connectivity index (χ3n) is 4.58. The molecule has 0 aliphatic rings. The van der Waals surface area contributed by atoms with Gasteiger partial charge < -0.3 is 9.88 Å². The lowest BCUT2D eigenvalue weighted by Crippen LogP contribution is -2.24. The van der Waals surface area contributed by atoms with Crippen molar-refractivity contribution in [2.24, 2.45) is 0 Å². The van der Waals surface area contributed by atoms with Crippen LogP contribution in [0.4, 0.5) is 4.39 Å². The molecular weight excluding hydrogens is 327 g/mol. The van der Waals surface area contributed by atoms with E-state index in [4.69, 9.17) is 0 Å². The summed E-state index contributed by atoms with van der Waals surface area (Å²) < 4.78 is 15.1. The summed E-state index contributed by atoms with van der Waals surface area (Å²) in [5.74, 6) is -0.366. The number of nitrogens with zero attached hydrogens (tertiary/aromatic N) is 1. The average molecular weight is 350 g/mol. The molecule has 0 saturated heterocycles. The van der Waals surface area contributed by atoms with E-state index in [0.29, 0.717) is 6.54 Å². The second-order valence-electron chi connectivity index (χ2n) is 6.65. The molecule has 0 saturated carbocycles. The number of carbonyl (C=O) groups is 1. The lowest BCUT2D eigenvalue weighted by Gasteiger charge is -2.11. The van der Waals surface area contributed by atoms with E-state index in [-0.39, 0.29) is 18.1 Å². The van der Waals surface area contributed by atoms with E-state index in [1.54, 1.807) is 12.1 Å². The molecule has 0 fully saturated rings. The largest absolute Gasteiger partial charge is 0.352 e. The zero-order valence-corrected chi connectivity index (χ0v) is 15.3. The second-order valence-corrected chi connectivity index (χ2v) is 6.65. The molecule has 3 rings (SSSR count). The monoisotopic (exact) mass is 350 g/mol. The fourth-order valence-electron chi connectivity index (χ4n) is 3.14. The minimum absolute atomic E-state index is 0.0725. The molecule has 0 aliphatic heterocycles. The summed E-state index contributed by atoms with van der Waals surface area (Å²) in [5.41, 5.74) is 6.49. The predicted octanol–water partition coefficient (Wildman–Crippen LogP) is 4.40. The quantitative estimate of drug-likeness (QED) is 0.727. The van der Waals surface area contributed by atoms with Crippen LogP contribution in [-0.4, -0.2) is 10.5 Å². The normalized spacial score (nSPS) is 10.8. The smallest absolute Gasteiger partial charge is 0.224 e. The highest BCUT2D eigenvalue weighted by Crippen LogP contribution is 2.21. The van der Waals surface area contributed by atoms with Gasteiger partial charge in [0, 0.05) is 23.6 Å². The number of hydrogen-bond acceptors (Lipinski definition) is 1. The Bertz CT molecular complexity index is 909. The lowest BCUT2D eigenvalue weighted by atomic mass is 10.1. The van der Waals surface area contributed by atoms with Crippen molar-refractivity contribution in [1.82, 2.24) is 9.88 Å². The molecule has 2 aromatic carbocycles. The zero-order valence-electron chi connectivity index (χ0n) is 15.3. The minimum atomic E-state index is -0.294. The Morgan fingerprint density at radius 2 is 1.65 bits per heavy atom. The first-order valence-corrected chi connectivity index (χ1v) is 8.70. The number of nitrogens with one attached hydrogen (secondary N) is 1. The van der Waals surface area contributed by atoms with Gasteiger partial charge in [0.15, 0.2) is 0 Å². The Morgan fingerprint density at radius 1 is 1.00 bits per heavy atom. The van der Waals surface area contributed by atoms with Crippen LogP contribution in [0, 0.1) is 26.6 Å². The molecule has 134 valence electrons. The number of benzene rings is 2. The highest BCUT2D eigenvalue weighted by Gasteiger charge is 2.12. The number of halogens is 1. The van der Waals surface area contributed by atoms with Crippen molar-refractivity contribution < 1.29 is 9.18 Å². The molecular formula is C22H23FN2O. The summed E-state index contributed by atoms with van der Waals surface area (Å²) in [5, 5.41) is 2.96. The van der Waals surface area contributed by atoms with Crippen LogP contribution >= 0.6 is 0 Å². The maximum Gasteiger partial charge on any atom is 0.224 e. The zero-order chi connectivity index (χ0) is 18.7. The van der Waals surface area contributed by atoms with Crippen molar-refractivity contribution in [3.8, 4) is 5.69 Å². The SMILES string of the molecule is Cc1ccc(-n2c(C)cc(CNC(=O)Cc3ccc(F)cc3)c2C)cc1. The second kappa shape index (κ2) is 7.56. The molecule has 0 aliphatic carbocycles. The maximum absolute atomic E-state index is 12.9. The van der Waals surface area contributed by atoms with Crippen LogP contribution in [0.1, 0.15) is 28.1 Å². The van der Waals surface area contributed by atoms with Gasteiger partial charge in [0.05, 0.1) is 6.42 Å². The van der Waals surface area contributed by atoms with Crippen LogP contribution in [0.2, 0.25) is 0 Å². The molecule has 1 heterocycles. The Balaban J connectivity index is 1.68. The van der Waals surface area contributed by atoms with Gasteiger partial charge in [-0.05, 0) is 62.2 Å². The molecule has 1 aromatic heterocycles. The van der Waals surface area contributed by atoms with Gasteiger partial charge >= 0.3 is 0 Å². The Labute approximate surface area is 153 Å². The summed E-state index contributed by atoms with van der Waals surface area (Å²) in [6.07, 6.45) is 0.247. The number of aromatic nitrogens is 1. The van der Waals surface area contributed by atoms with Crippen LogP contribution in [0.15, 0.2) is 54.6 Å². The average Bonchev–Trinajstić information content (AvgIpc) is 2.90. The molecule has 3 nitrogen and oxygen atoms in total. The number of rotatable bonds is 5. The van der Waals surface area contributed by atoms with Crippen molar-refractivity contribution in [2.45, 2.75) is 33.7 Å². The summed E-state index contributed by atoms with van der Waals surface area (Å²) >= 11 is 0. The number of carbonyl (C=O) groups excluding carboxylic acids is 1. The van der Waals surface area contributed by atoms with Crippen LogP contribution in [-0.2, 0) is 17.8 Å².